The minimum atomic E-state index is -0.474. The molecule has 5 heteroatoms. The van der Waals surface area contributed by atoms with Crippen LogP contribution in [-0.2, 0) is 0 Å². The molecule has 0 atom stereocenters. The number of hydrogen-bond acceptors (Lipinski definition) is 4. The van der Waals surface area contributed by atoms with Gasteiger partial charge in [-0.1, -0.05) is 0 Å². The molecule has 2 aromatic heterocycles. The molecule has 0 saturated heterocycles. The lowest BCUT2D eigenvalue weighted by Gasteiger charge is -2.25. The molecule has 0 radical (unpaired) electrons. The molecule has 0 aliphatic carbocycles. The van der Waals surface area contributed by atoms with Gasteiger partial charge in [0.05, 0.1) is 11.3 Å². The molecule has 5 nitrogen and oxygen atoms in total. The molecule has 0 aliphatic rings. The summed E-state index contributed by atoms with van der Waals surface area (Å²) >= 11 is 0. The van der Waals surface area contributed by atoms with Crippen molar-refractivity contribution in [2.75, 3.05) is 11.9 Å². The second kappa shape index (κ2) is 5.91. The van der Waals surface area contributed by atoms with E-state index in [0.29, 0.717) is 17.3 Å². The number of carbonyl (C=O) groups excluding carboxylic acids is 1. The predicted octanol–water partition coefficient (Wildman–Crippen LogP) is 2.40. The van der Waals surface area contributed by atoms with Crippen molar-refractivity contribution in [1.29, 1.82) is 0 Å². The summed E-state index contributed by atoms with van der Waals surface area (Å²) in [5.74, 6) is 0.346. The Morgan fingerprint density at radius 2 is 1.90 bits per heavy atom. The fraction of sp³-hybridized carbons (Fsp3) is 0.312. The van der Waals surface area contributed by atoms with Crippen LogP contribution in [0, 0.1) is 6.92 Å². The first-order chi connectivity index (χ1) is 9.93. The topological polar surface area (TPSA) is 72.1 Å². The van der Waals surface area contributed by atoms with Gasteiger partial charge in [-0.3, -0.25) is 9.78 Å². The molecule has 110 valence electrons. The van der Waals surface area contributed by atoms with E-state index in [-0.39, 0.29) is 0 Å². The number of amides is 1. The zero-order chi connectivity index (χ0) is 15.6. The van der Waals surface area contributed by atoms with Gasteiger partial charge < -0.3 is 10.6 Å². The third-order valence-electron chi connectivity index (χ3n) is 3.57. The Bertz CT molecular complexity index is 667. The summed E-state index contributed by atoms with van der Waals surface area (Å²) in [6, 6.07) is 5.90. The normalized spacial score (nSPS) is 10.7. The third kappa shape index (κ3) is 2.86. The minimum absolute atomic E-state index is 0.290. The number of pyridine rings is 2. The van der Waals surface area contributed by atoms with Crippen molar-refractivity contribution >= 4 is 11.7 Å². The Labute approximate surface area is 124 Å². The van der Waals surface area contributed by atoms with Crippen LogP contribution in [0.15, 0.2) is 30.6 Å². The molecular formula is C16H20N4O. The van der Waals surface area contributed by atoms with E-state index in [1.165, 1.54) is 0 Å². The van der Waals surface area contributed by atoms with Crippen LogP contribution < -0.4 is 10.6 Å². The van der Waals surface area contributed by atoms with Crippen LogP contribution in [-0.4, -0.2) is 29.0 Å². The van der Waals surface area contributed by atoms with E-state index >= 15 is 0 Å². The SMILES string of the molecule is Cc1nccc(-c2cccnc2N(C)C(C)C)c1C(N)=O. The number of hydrogen-bond donors (Lipinski definition) is 1. The lowest BCUT2D eigenvalue weighted by molar-refractivity contribution is 0.1000. The highest BCUT2D eigenvalue weighted by Crippen LogP contribution is 2.32. The lowest BCUT2D eigenvalue weighted by atomic mass is 9.99. The fourth-order valence-corrected chi connectivity index (χ4v) is 2.23. The van der Waals surface area contributed by atoms with E-state index in [1.54, 1.807) is 19.3 Å². The maximum atomic E-state index is 11.8. The number of anilines is 1. The number of carbonyl (C=O) groups is 1. The van der Waals surface area contributed by atoms with Gasteiger partial charge in [-0.2, -0.15) is 0 Å². The van der Waals surface area contributed by atoms with E-state index in [1.807, 2.05) is 25.2 Å². The Morgan fingerprint density at radius 3 is 2.52 bits per heavy atom. The van der Waals surface area contributed by atoms with Gasteiger partial charge >= 0.3 is 0 Å². The van der Waals surface area contributed by atoms with E-state index in [9.17, 15) is 4.79 Å². The molecule has 0 unspecified atom stereocenters. The van der Waals surface area contributed by atoms with E-state index < -0.39 is 5.91 Å². The smallest absolute Gasteiger partial charge is 0.251 e. The number of aromatic nitrogens is 2. The highest BCUT2D eigenvalue weighted by Gasteiger charge is 2.19. The first-order valence-electron chi connectivity index (χ1n) is 6.87. The Kier molecular flexibility index (Phi) is 4.21. The second-order valence-corrected chi connectivity index (χ2v) is 5.26. The van der Waals surface area contributed by atoms with Gasteiger partial charge in [0.25, 0.3) is 5.91 Å². The van der Waals surface area contributed by atoms with Crippen molar-refractivity contribution in [2.45, 2.75) is 26.8 Å². The molecule has 2 heterocycles. The van der Waals surface area contributed by atoms with Crippen LogP contribution in [0.2, 0.25) is 0 Å². The summed E-state index contributed by atoms with van der Waals surface area (Å²) in [5, 5.41) is 0. The van der Waals surface area contributed by atoms with E-state index in [2.05, 4.69) is 28.7 Å². The van der Waals surface area contributed by atoms with Crippen LogP contribution in [0.3, 0.4) is 0 Å². The summed E-state index contributed by atoms with van der Waals surface area (Å²) < 4.78 is 0. The Balaban J connectivity index is 2.69. The fourth-order valence-electron chi connectivity index (χ4n) is 2.23. The third-order valence-corrected chi connectivity index (χ3v) is 3.57. The van der Waals surface area contributed by atoms with Gasteiger partial charge in [0.1, 0.15) is 5.82 Å². The molecule has 21 heavy (non-hydrogen) atoms. The first kappa shape index (κ1) is 15.0. The van der Waals surface area contributed by atoms with Crippen molar-refractivity contribution in [1.82, 2.24) is 9.97 Å². The standard InChI is InChI=1S/C16H20N4O/c1-10(2)20(4)16-13(6-5-8-19-16)12-7-9-18-11(3)14(12)15(17)21/h5-10H,1-4H3,(H2,17,21). The van der Waals surface area contributed by atoms with Crippen LogP contribution in [0.1, 0.15) is 29.9 Å². The average Bonchev–Trinajstić information content (AvgIpc) is 2.45. The number of primary amides is 1. The maximum absolute atomic E-state index is 11.8. The molecule has 2 rings (SSSR count). The second-order valence-electron chi connectivity index (χ2n) is 5.26. The van der Waals surface area contributed by atoms with Gasteiger partial charge in [-0.15, -0.1) is 0 Å². The molecule has 2 aromatic rings. The number of nitrogens with two attached hydrogens (primary N) is 1. The van der Waals surface area contributed by atoms with Crippen molar-refractivity contribution in [3.63, 3.8) is 0 Å². The Morgan fingerprint density at radius 1 is 1.19 bits per heavy atom. The molecule has 1 amide bonds. The lowest BCUT2D eigenvalue weighted by Crippen LogP contribution is -2.27. The summed E-state index contributed by atoms with van der Waals surface area (Å²) in [6.45, 7) is 5.96. The largest absolute Gasteiger partial charge is 0.366 e. The van der Waals surface area contributed by atoms with Crippen molar-refractivity contribution in [3.8, 4) is 11.1 Å². The zero-order valence-electron chi connectivity index (χ0n) is 12.8. The molecule has 0 bridgehead atoms. The van der Waals surface area contributed by atoms with Crippen molar-refractivity contribution in [2.24, 2.45) is 5.73 Å². The van der Waals surface area contributed by atoms with Crippen molar-refractivity contribution < 1.29 is 4.79 Å². The quantitative estimate of drug-likeness (QED) is 0.935. The molecular weight excluding hydrogens is 264 g/mol. The molecule has 0 aromatic carbocycles. The number of rotatable bonds is 4. The predicted molar refractivity (Wildman–Crippen MR) is 84.3 cm³/mol. The highest BCUT2D eigenvalue weighted by molar-refractivity contribution is 6.02. The average molecular weight is 284 g/mol. The van der Waals surface area contributed by atoms with Crippen LogP contribution >= 0.6 is 0 Å². The maximum Gasteiger partial charge on any atom is 0.251 e. The van der Waals surface area contributed by atoms with Gasteiger partial charge in [0, 0.05) is 36.6 Å². The monoisotopic (exact) mass is 284 g/mol. The summed E-state index contributed by atoms with van der Waals surface area (Å²) in [4.78, 5) is 22.5. The van der Waals surface area contributed by atoms with Gasteiger partial charge in [0.2, 0.25) is 0 Å². The zero-order valence-corrected chi connectivity index (χ0v) is 12.8. The molecule has 2 N–H and O–H groups in total. The highest BCUT2D eigenvalue weighted by atomic mass is 16.1. The molecule has 0 fully saturated rings. The minimum Gasteiger partial charge on any atom is -0.366 e. The summed E-state index contributed by atoms with van der Waals surface area (Å²) in [7, 11) is 1.98. The van der Waals surface area contributed by atoms with Crippen LogP contribution in [0.4, 0.5) is 5.82 Å². The first-order valence-corrected chi connectivity index (χ1v) is 6.87. The van der Waals surface area contributed by atoms with Crippen LogP contribution in [0.25, 0.3) is 11.1 Å². The van der Waals surface area contributed by atoms with E-state index in [0.717, 1.165) is 16.9 Å². The van der Waals surface area contributed by atoms with Gasteiger partial charge in [-0.05, 0) is 39.0 Å². The van der Waals surface area contributed by atoms with Gasteiger partial charge in [0.15, 0.2) is 0 Å². The molecule has 0 saturated carbocycles. The van der Waals surface area contributed by atoms with Gasteiger partial charge in [-0.25, -0.2) is 4.98 Å². The van der Waals surface area contributed by atoms with E-state index in [4.69, 9.17) is 5.73 Å². The summed E-state index contributed by atoms with van der Waals surface area (Å²) in [5.41, 5.74) is 8.25. The summed E-state index contributed by atoms with van der Waals surface area (Å²) in [6.07, 6.45) is 3.43. The van der Waals surface area contributed by atoms with Crippen LogP contribution in [0.5, 0.6) is 0 Å². The number of aryl methyl sites for hydroxylation is 1. The number of nitrogens with zero attached hydrogens (tertiary/aromatic N) is 3. The molecule has 0 aliphatic heterocycles. The molecule has 0 spiro atoms. The Hall–Kier alpha value is -2.43. The van der Waals surface area contributed by atoms with Crippen molar-refractivity contribution in [3.05, 3.63) is 41.9 Å².